The van der Waals surface area contributed by atoms with E-state index >= 15 is 0 Å². The summed E-state index contributed by atoms with van der Waals surface area (Å²) in [6.07, 6.45) is 0. The Balaban J connectivity index is 1.93. The fourth-order valence-corrected chi connectivity index (χ4v) is 2.48. The summed E-state index contributed by atoms with van der Waals surface area (Å²) in [7, 11) is 1.47. The van der Waals surface area contributed by atoms with E-state index < -0.39 is 0 Å². The Labute approximate surface area is 111 Å². The smallest absolute Gasteiger partial charge is 0.165 e. The van der Waals surface area contributed by atoms with Crippen LogP contribution in [-0.4, -0.2) is 7.11 Å². The Bertz CT molecular complexity index is 628. The van der Waals surface area contributed by atoms with Gasteiger partial charge in [0.05, 0.1) is 7.11 Å². The third-order valence-electron chi connectivity index (χ3n) is 3.52. The van der Waals surface area contributed by atoms with Crippen LogP contribution in [-0.2, 0) is 13.1 Å². The van der Waals surface area contributed by atoms with Gasteiger partial charge >= 0.3 is 0 Å². The molecule has 0 radical (unpaired) electrons. The summed E-state index contributed by atoms with van der Waals surface area (Å²) in [5, 5.41) is 0. The van der Waals surface area contributed by atoms with Crippen molar-refractivity contribution in [1.29, 1.82) is 0 Å². The number of anilines is 2. The van der Waals surface area contributed by atoms with Crippen LogP contribution in [0.2, 0.25) is 0 Å². The van der Waals surface area contributed by atoms with E-state index in [4.69, 9.17) is 10.5 Å². The third kappa shape index (κ3) is 1.99. The molecular formula is C15H15FN2O. The van der Waals surface area contributed by atoms with Crippen molar-refractivity contribution in [2.24, 2.45) is 0 Å². The number of halogens is 1. The lowest BCUT2D eigenvalue weighted by Gasteiger charge is -2.18. The highest BCUT2D eigenvalue weighted by Crippen LogP contribution is 2.33. The Morgan fingerprint density at radius 1 is 1.21 bits per heavy atom. The second-order valence-corrected chi connectivity index (χ2v) is 4.66. The molecule has 3 rings (SSSR count). The fraction of sp³-hybridized carbons (Fsp3) is 0.200. The molecule has 0 spiro atoms. The van der Waals surface area contributed by atoms with E-state index in [0.29, 0.717) is 0 Å². The van der Waals surface area contributed by atoms with Gasteiger partial charge in [0.25, 0.3) is 0 Å². The van der Waals surface area contributed by atoms with Crippen molar-refractivity contribution in [3.8, 4) is 5.75 Å². The Kier molecular flexibility index (Phi) is 2.78. The van der Waals surface area contributed by atoms with Crippen LogP contribution in [0.5, 0.6) is 5.75 Å². The van der Waals surface area contributed by atoms with E-state index in [1.54, 1.807) is 12.1 Å². The maximum absolute atomic E-state index is 13.4. The first kappa shape index (κ1) is 11.8. The van der Waals surface area contributed by atoms with Gasteiger partial charge in [-0.3, -0.25) is 0 Å². The first-order valence-corrected chi connectivity index (χ1v) is 6.14. The molecule has 1 aliphatic heterocycles. The maximum atomic E-state index is 13.4. The summed E-state index contributed by atoms with van der Waals surface area (Å²) in [5.74, 6) is -0.0797. The molecule has 4 heteroatoms. The predicted octanol–water partition coefficient (Wildman–Crippen LogP) is 2.94. The molecule has 0 fully saturated rings. The van der Waals surface area contributed by atoms with E-state index in [-0.39, 0.29) is 11.6 Å². The number of rotatable bonds is 2. The zero-order chi connectivity index (χ0) is 13.4. The average molecular weight is 258 g/mol. The summed E-state index contributed by atoms with van der Waals surface area (Å²) in [6, 6.07) is 10.9. The minimum Gasteiger partial charge on any atom is -0.494 e. The standard InChI is InChI=1S/C15H15FN2O/c1-19-15-7-11(5-6-13(15)16)18-8-10-3-2-4-14(17)12(10)9-18/h2-7H,8-9,17H2,1H3. The van der Waals surface area contributed by atoms with Crippen molar-refractivity contribution in [1.82, 2.24) is 0 Å². The number of nitrogens with two attached hydrogens (primary N) is 1. The largest absolute Gasteiger partial charge is 0.494 e. The molecule has 2 aromatic rings. The molecule has 2 aromatic carbocycles. The number of ether oxygens (including phenoxy) is 1. The molecule has 0 aromatic heterocycles. The van der Waals surface area contributed by atoms with Gasteiger partial charge in [-0.1, -0.05) is 12.1 Å². The third-order valence-corrected chi connectivity index (χ3v) is 3.52. The quantitative estimate of drug-likeness (QED) is 0.842. The lowest BCUT2D eigenvalue weighted by atomic mass is 10.1. The van der Waals surface area contributed by atoms with Gasteiger partial charge in [-0.2, -0.15) is 0 Å². The van der Waals surface area contributed by atoms with Gasteiger partial charge < -0.3 is 15.4 Å². The maximum Gasteiger partial charge on any atom is 0.165 e. The zero-order valence-corrected chi connectivity index (χ0v) is 10.7. The predicted molar refractivity (Wildman–Crippen MR) is 73.7 cm³/mol. The number of benzene rings is 2. The van der Waals surface area contributed by atoms with Gasteiger partial charge in [-0.05, 0) is 29.3 Å². The van der Waals surface area contributed by atoms with E-state index in [0.717, 1.165) is 30.0 Å². The van der Waals surface area contributed by atoms with Gasteiger partial charge in [0.15, 0.2) is 11.6 Å². The van der Waals surface area contributed by atoms with Crippen LogP contribution in [0.4, 0.5) is 15.8 Å². The summed E-state index contributed by atoms with van der Waals surface area (Å²) >= 11 is 0. The highest BCUT2D eigenvalue weighted by molar-refractivity contribution is 5.60. The molecule has 0 bridgehead atoms. The van der Waals surface area contributed by atoms with Crippen molar-refractivity contribution >= 4 is 11.4 Å². The molecule has 0 unspecified atom stereocenters. The Morgan fingerprint density at radius 2 is 2.05 bits per heavy atom. The Hall–Kier alpha value is -2.23. The number of nitrogens with zero attached hydrogens (tertiary/aromatic N) is 1. The molecular weight excluding hydrogens is 243 g/mol. The van der Waals surface area contributed by atoms with Gasteiger partial charge in [-0.25, -0.2) is 4.39 Å². The normalized spacial score (nSPS) is 13.5. The van der Waals surface area contributed by atoms with Crippen molar-refractivity contribution in [2.75, 3.05) is 17.7 Å². The van der Waals surface area contributed by atoms with Gasteiger partial charge in [-0.15, -0.1) is 0 Å². The Morgan fingerprint density at radius 3 is 2.79 bits per heavy atom. The van der Waals surface area contributed by atoms with Crippen molar-refractivity contribution in [3.05, 3.63) is 53.3 Å². The highest BCUT2D eigenvalue weighted by atomic mass is 19.1. The summed E-state index contributed by atoms with van der Waals surface area (Å²) in [6.45, 7) is 1.53. The van der Waals surface area contributed by atoms with Crippen LogP contribution in [0.1, 0.15) is 11.1 Å². The van der Waals surface area contributed by atoms with E-state index in [9.17, 15) is 4.39 Å². The van der Waals surface area contributed by atoms with E-state index in [1.165, 1.54) is 18.7 Å². The highest BCUT2D eigenvalue weighted by Gasteiger charge is 2.21. The SMILES string of the molecule is COc1cc(N2Cc3cccc(N)c3C2)ccc1F. The van der Waals surface area contributed by atoms with Crippen LogP contribution >= 0.6 is 0 Å². The molecule has 1 heterocycles. The molecule has 1 aliphatic rings. The molecule has 0 saturated carbocycles. The van der Waals surface area contributed by atoms with Crippen molar-refractivity contribution in [3.63, 3.8) is 0 Å². The average Bonchev–Trinajstić information content (AvgIpc) is 2.85. The molecule has 2 N–H and O–H groups in total. The van der Waals surface area contributed by atoms with Gasteiger partial charge in [0, 0.05) is 30.5 Å². The lowest BCUT2D eigenvalue weighted by Crippen LogP contribution is -2.14. The topological polar surface area (TPSA) is 38.5 Å². The van der Waals surface area contributed by atoms with Crippen molar-refractivity contribution in [2.45, 2.75) is 13.1 Å². The van der Waals surface area contributed by atoms with Gasteiger partial charge in [0.2, 0.25) is 0 Å². The fourth-order valence-electron chi connectivity index (χ4n) is 2.48. The second-order valence-electron chi connectivity index (χ2n) is 4.66. The van der Waals surface area contributed by atoms with Crippen LogP contribution in [0.3, 0.4) is 0 Å². The molecule has 3 nitrogen and oxygen atoms in total. The van der Waals surface area contributed by atoms with Crippen LogP contribution in [0, 0.1) is 5.82 Å². The van der Waals surface area contributed by atoms with Crippen LogP contribution in [0.15, 0.2) is 36.4 Å². The minimum absolute atomic E-state index is 0.265. The summed E-state index contributed by atoms with van der Waals surface area (Å²) in [4.78, 5) is 2.16. The first-order valence-electron chi connectivity index (χ1n) is 6.14. The van der Waals surface area contributed by atoms with E-state index in [1.807, 2.05) is 12.1 Å². The summed E-state index contributed by atoms with van der Waals surface area (Å²) in [5.41, 5.74) is 10.1. The zero-order valence-electron chi connectivity index (χ0n) is 10.7. The molecule has 19 heavy (non-hydrogen) atoms. The number of hydrogen-bond donors (Lipinski definition) is 1. The molecule has 0 aliphatic carbocycles. The first-order chi connectivity index (χ1) is 9.19. The molecule has 0 saturated heterocycles. The van der Waals surface area contributed by atoms with E-state index in [2.05, 4.69) is 11.0 Å². The number of hydrogen-bond acceptors (Lipinski definition) is 3. The lowest BCUT2D eigenvalue weighted by molar-refractivity contribution is 0.386. The van der Waals surface area contributed by atoms with Gasteiger partial charge in [0.1, 0.15) is 0 Å². The van der Waals surface area contributed by atoms with Crippen LogP contribution in [0.25, 0.3) is 0 Å². The number of methoxy groups -OCH3 is 1. The molecule has 98 valence electrons. The summed E-state index contributed by atoms with van der Waals surface area (Å²) < 4.78 is 18.4. The molecule has 0 amide bonds. The monoisotopic (exact) mass is 258 g/mol. The van der Waals surface area contributed by atoms with Crippen LogP contribution < -0.4 is 15.4 Å². The molecule has 0 atom stereocenters. The van der Waals surface area contributed by atoms with Crippen molar-refractivity contribution < 1.29 is 9.13 Å². The second kappa shape index (κ2) is 4.46. The number of fused-ring (bicyclic) bond motifs is 1. The minimum atomic E-state index is -0.345. The number of nitrogen functional groups attached to an aromatic ring is 1.